The largest absolute Gasteiger partial charge is 0.376 e. The summed E-state index contributed by atoms with van der Waals surface area (Å²) < 4.78 is 0. The van der Waals surface area contributed by atoms with Gasteiger partial charge in [0, 0.05) is 52.9 Å². The number of pyridine rings is 1. The Bertz CT molecular complexity index is 1050. The number of fused-ring (bicyclic) bond motifs is 1. The van der Waals surface area contributed by atoms with Gasteiger partial charge in [0.25, 0.3) is 0 Å². The van der Waals surface area contributed by atoms with Crippen LogP contribution in [0, 0.1) is 0 Å². The number of benzene rings is 1. The van der Waals surface area contributed by atoms with E-state index in [1.165, 1.54) is 29.0 Å². The number of nitrogens with zero attached hydrogens (tertiary/aromatic N) is 2. The Labute approximate surface area is 181 Å². The summed E-state index contributed by atoms with van der Waals surface area (Å²) in [6, 6.07) is 15.5. The third-order valence-electron chi connectivity index (χ3n) is 5.90. The van der Waals surface area contributed by atoms with Gasteiger partial charge >= 0.3 is 0 Å². The molecule has 5 nitrogen and oxygen atoms in total. The topological polar surface area (TPSA) is 56.0 Å². The first kappa shape index (κ1) is 19.3. The van der Waals surface area contributed by atoms with Crippen molar-refractivity contribution in [2.75, 3.05) is 23.7 Å². The van der Waals surface area contributed by atoms with Gasteiger partial charge in [-0.25, -0.2) is 4.98 Å². The summed E-state index contributed by atoms with van der Waals surface area (Å²) in [5.41, 5.74) is 4.41. The Kier molecular flexibility index (Phi) is 5.51. The van der Waals surface area contributed by atoms with Crippen LogP contribution in [0.1, 0.15) is 24.4 Å². The van der Waals surface area contributed by atoms with Gasteiger partial charge in [-0.1, -0.05) is 36.9 Å². The monoisotopic (exact) mass is 417 g/mol. The van der Waals surface area contributed by atoms with E-state index in [0.29, 0.717) is 6.04 Å². The number of aromatic nitrogens is 2. The highest BCUT2D eigenvalue weighted by Crippen LogP contribution is 2.34. The average molecular weight is 418 g/mol. The second kappa shape index (κ2) is 8.58. The summed E-state index contributed by atoms with van der Waals surface area (Å²) in [5.74, 6) is 1.03. The van der Waals surface area contributed by atoms with E-state index in [1.54, 1.807) is 0 Å². The minimum absolute atomic E-state index is 0.218. The van der Waals surface area contributed by atoms with E-state index in [9.17, 15) is 0 Å². The molecule has 2 aliphatic heterocycles. The second-order valence-electron chi connectivity index (χ2n) is 7.82. The molecule has 1 aromatic carbocycles. The number of rotatable bonds is 6. The van der Waals surface area contributed by atoms with Gasteiger partial charge in [0.2, 0.25) is 0 Å². The van der Waals surface area contributed by atoms with Gasteiger partial charge < -0.3 is 20.5 Å². The molecule has 5 rings (SSSR count). The molecule has 2 atom stereocenters. The van der Waals surface area contributed by atoms with E-state index >= 15 is 0 Å². The molecule has 2 aromatic heterocycles. The molecule has 2 unspecified atom stereocenters. The molecule has 3 N–H and O–H groups in total. The number of anilines is 1. The lowest BCUT2D eigenvalue weighted by Crippen LogP contribution is -2.38. The van der Waals surface area contributed by atoms with Crippen LogP contribution in [0.25, 0.3) is 11.0 Å². The van der Waals surface area contributed by atoms with Crippen molar-refractivity contribution >= 4 is 28.5 Å². The van der Waals surface area contributed by atoms with Crippen LogP contribution in [0.15, 0.2) is 78.2 Å². The van der Waals surface area contributed by atoms with Crippen molar-refractivity contribution in [3.05, 3.63) is 83.8 Å². The zero-order valence-corrected chi connectivity index (χ0v) is 17.8. The quantitative estimate of drug-likeness (QED) is 0.549. The van der Waals surface area contributed by atoms with Crippen molar-refractivity contribution in [3.8, 4) is 0 Å². The molecule has 0 aliphatic carbocycles. The summed E-state index contributed by atoms with van der Waals surface area (Å²) in [6.45, 7) is 6.48. The van der Waals surface area contributed by atoms with E-state index in [0.717, 1.165) is 35.6 Å². The number of aromatic amines is 1. The second-order valence-corrected chi connectivity index (χ2v) is 8.96. The highest BCUT2D eigenvalue weighted by molar-refractivity contribution is 8.03. The van der Waals surface area contributed by atoms with Gasteiger partial charge in [-0.15, -0.1) is 11.8 Å². The van der Waals surface area contributed by atoms with E-state index < -0.39 is 0 Å². The van der Waals surface area contributed by atoms with Crippen molar-refractivity contribution < 1.29 is 0 Å². The number of nitrogens with one attached hydrogen (secondary N) is 3. The van der Waals surface area contributed by atoms with Crippen molar-refractivity contribution in [3.63, 3.8) is 0 Å². The summed E-state index contributed by atoms with van der Waals surface area (Å²) in [4.78, 5) is 11.1. The predicted octanol–water partition coefficient (Wildman–Crippen LogP) is 4.55. The molecule has 0 bridgehead atoms. The van der Waals surface area contributed by atoms with Crippen LogP contribution in [0.4, 0.5) is 5.69 Å². The third-order valence-corrected chi connectivity index (χ3v) is 6.95. The van der Waals surface area contributed by atoms with Crippen LogP contribution in [0.2, 0.25) is 0 Å². The van der Waals surface area contributed by atoms with Crippen LogP contribution in [-0.4, -0.2) is 34.9 Å². The van der Waals surface area contributed by atoms with Crippen LogP contribution in [0.3, 0.4) is 0 Å². The van der Waals surface area contributed by atoms with Crippen molar-refractivity contribution in [2.45, 2.75) is 24.9 Å². The third kappa shape index (κ3) is 3.85. The number of thioether (sulfide) groups is 1. The lowest BCUT2D eigenvalue weighted by atomic mass is 9.97. The first-order valence-electron chi connectivity index (χ1n) is 10.6. The Morgan fingerprint density at radius 2 is 2.13 bits per heavy atom. The number of hydrogen-bond donors (Lipinski definition) is 3. The number of hydrogen-bond acceptors (Lipinski definition) is 5. The zero-order chi connectivity index (χ0) is 20.3. The molecule has 6 heteroatoms. The zero-order valence-electron chi connectivity index (χ0n) is 17.0. The van der Waals surface area contributed by atoms with Crippen molar-refractivity contribution in [1.29, 1.82) is 0 Å². The molecule has 4 heterocycles. The summed E-state index contributed by atoms with van der Waals surface area (Å²) >= 11 is 1.87. The maximum Gasteiger partial charge on any atom is 0.139 e. The maximum absolute atomic E-state index is 4.42. The van der Waals surface area contributed by atoms with Crippen LogP contribution in [-0.2, 0) is 0 Å². The van der Waals surface area contributed by atoms with Gasteiger partial charge in [0.15, 0.2) is 0 Å². The van der Waals surface area contributed by atoms with E-state index in [4.69, 9.17) is 0 Å². The summed E-state index contributed by atoms with van der Waals surface area (Å²) in [6.07, 6.45) is 8.45. The molecule has 0 saturated carbocycles. The fourth-order valence-corrected chi connectivity index (χ4v) is 5.32. The van der Waals surface area contributed by atoms with E-state index in [-0.39, 0.29) is 6.04 Å². The molecular weight excluding hydrogens is 390 g/mol. The minimum atomic E-state index is 0.218. The van der Waals surface area contributed by atoms with E-state index in [1.807, 2.05) is 24.2 Å². The first-order valence-corrected chi connectivity index (χ1v) is 11.6. The summed E-state index contributed by atoms with van der Waals surface area (Å²) in [7, 11) is 0. The standard InChI is InChI=1S/C24H27N5S/c1-17(28-23(20-8-5-11-25-20)18-6-3-2-4-7-18)22-16-29(14-15-30-22)21-10-13-27-24-19(21)9-12-26-24/h2-4,6-7,9-10,12-13,16,20,23,25,28H,1,5,8,11,14-15H2,(H,26,27). The van der Waals surface area contributed by atoms with E-state index in [2.05, 4.69) is 80.7 Å². The molecule has 1 fully saturated rings. The summed E-state index contributed by atoms with van der Waals surface area (Å²) in [5, 5.41) is 8.57. The van der Waals surface area contributed by atoms with Crippen LogP contribution >= 0.6 is 11.8 Å². The number of H-pyrrole nitrogens is 1. The lowest BCUT2D eigenvalue weighted by Gasteiger charge is -2.31. The van der Waals surface area contributed by atoms with Gasteiger partial charge in [0.1, 0.15) is 5.65 Å². The molecule has 1 saturated heterocycles. The van der Waals surface area contributed by atoms with Crippen molar-refractivity contribution in [1.82, 2.24) is 20.6 Å². The molecule has 30 heavy (non-hydrogen) atoms. The maximum atomic E-state index is 4.42. The highest BCUT2D eigenvalue weighted by atomic mass is 32.2. The molecule has 3 aromatic rings. The smallest absolute Gasteiger partial charge is 0.139 e. The Hall–Kier alpha value is -2.70. The van der Waals surface area contributed by atoms with Gasteiger partial charge in [0.05, 0.1) is 11.7 Å². The molecular formula is C24H27N5S. The fraction of sp³-hybridized carbons (Fsp3) is 0.292. The SMILES string of the molecule is C=C(NC(c1ccccc1)C1CCCN1)C1=CN(c2ccnc3[nH]ccc23)CCS1. The highest BCUT2D eigenvalue weighted by Gasteiger charge is 2.27. The Balaban J connectivity index is 1.39. The molecule has 0 spiro atoms. The average Bonchev–Trinajstić information content (AvgIpc) is 3.50. The van der Waals surface area contributed by atoms with Crippen LogP contribution < -0.4 is 15.5 Å². The predicted molar refractivity (Wildman–Crippen MR) is 126 cm³/mol. The molecule has 0 radical (unpaired) electrons. The van der Waals surface area contributed by atoms with Crippen molar-refractivity contribution in [2.24, 2.45) is 0 Å². The van der Waals surface area contributed by atoms with Gasteiger partial charge in [-0.05, 0) is 37.1 Å². The molecule has 154 valence electrons. The lowest BCUT2D eigenvalue weighted by molar-refractivity contribution is 0.446. The first-order chi connectivity index (χ1) is 14.8. The van der Waals surface area contributed by atoms with Gasteiger partial charge in [-0.3, -0.25) is 0 Å². The van der Waals surface area contributed by atoms with Crippen LogP contribution in [0.5, 0.6) is 0 Å². The fourth-order valence-electron chi connectivity index (χ4n) is 4.38. The molecule has 0 amide bonds. The minimum Gasteiger partial charge on any atom is -0.376 e. The molecule has 2 aliphatic rings. The van der Waals surface area contributed by atoms with Gasteiger partial charge in [-0.2, -0.15) is 0 Å². The Morgan fingerprint density at radius 1 is 1.23 bits per heavy atom. The Morgan fingerprint density at radius 3 is 2.97 bits per heavy atom. The normalized spacial score (nSPS) is 20.2.